The van der Waals surface area contributed by atoms with Gasteiger partial charge in [-0.15, -0.1) is 11.3 Å². The molecule has 0 saturated carbocycles. The molecule has 196 valence electrons. The van der Waals surface area contributed by atoms with Crippen molar-refractivity contribution in [1.29, 1.82) is 0 Å². The highest BCUT2D eigenvalue weighted by Crippen LogP contribution is 2.37. The average Bonchev–Trinajstić information content (AvgIpc) is 3.46. The monoisotopic (exact) mass is 539 g/mol. The second-order valence-corrected chi connectivity index (χ2v) is 9.94. The summed E-state index contributed by atoms with van der Waals surface area (Å²) in [5.41, 5.74) is 1.12. The minimum absolute atomic E-state index is 0.0172. The highest BCUT2D eigenvalue weighted by atomic mass is 32.1. The maximum Gasteiger partial charge on any atom is 0.434 e. The summed E-state index contributed by atoms with van der Waals surface area (Å²) < 4.78 is 69.8. The molecular weight excluding hydrogens is 517 g/mol. The third-order valence-electron chi connectivity index (χ3n) is 6.46. The van der Waals surface area contributed by atoms with E-state index in [1.54, 1.807) is 30.2 Å². The highest BCUT2D eigenvalue weighted by Gasteiger charge is 2.37. The molecule has 1 atom stereocenters. The van der Waals surface area contributed by atoms with E-state index >= 15 is 0 Å². The van der Waals surface area contributed by atoms with Crippen molar-refractivity contribution in [3.05, 3.63) is 51.5 Å². The van der Waals surface area contributed by atoms with Gasteiger partial charge in [0.25, 0.3) is 5.92 Å². The van der Waals surface area contributed by atoms with Gasteiger partial charge in [0.15, 0.2) is 5.69 Å². The largest absolute Gasteiger partial charge is 0.478 e. The first-order valence-corrected chi connectivity index (χ1v) is 12.4. The number of nitrogens with one attached hydrogen (secondary N) is 1. The maximum absolute atomic E-state index is 13.8. The Morgan fingerprint density at radius 2 is 1.89 bits per heavy atom. The number of piperidine rings is 1. The molecule has 0 spiro atoms. The van der Waals surface area contributed by atoms with E-state index in [2.05, 4.69) is 10.3 Å². The van der Waals surface area contributed by atoms with E-state index in [9.17, 15) is 31.9 Å². The Hall–Kier alpha value is -3.48. The van der Waals surface area contributed by atoms with Gasteiger partial charge in [-0.25, -0.2) is 23.5 Å². The predicted molar refractivity (Wildman–Crippen MR) is 130 cm³/mol. The van der Waals surface area contributed by atoms with E-state index in [0.29, 0.717) is 22.2 Å². The summed E-state index contributed by atoms with van der Waals surface area (Å²) in [5.74, 6) is -3.84. The molecule has 1 saturated heterocycles. The van der Waals surface area contributed by atoms with Crippen molar-refractivity contribution >= 4 is 45.5 Å². The Morgan fingerprint density at radius 1 is 1.19 bits per heavy atom. The Labute approximate surface area is 211 Å². The van der Waals surface area contributed by atoms with Crippen LogP contribution in [-0.4, -0.2) is 44.5 Å². The van der Waals surface area contributed by atoms with Gasteiger partial charge in [-0.05, 0) is 25.5 Å². The average molecular weight is 540 g/mol. The zero-order chi connectivity index (χ0) is 26.7. The Kier molecular flexibility index (Phi) is 6.00. The maximum atomic E-state index is 13.8. The SMILES string of the molecule is Cc1cc(C(C)Nc2cscc2C(=O)O)c2nc(N3CCC(F)(F)CC3)n3cc(C(F)(F)F)nc3c2c1. The molecule has 4 aromatic rings. The lowest BCUT2D eigenvalue weighted by atomic mass is 10.0. The Balaban J connectivity index is 1.70. The number of rotatable bonds is 5. The molecule has 1 fully saturated rings. The van der Waals surface area contributed by atoms with Crippen LogP contribution in [0.4, 0.5) is 33.6 Å². The number of hydrogen-bond donors (Lipinski definition) is 2. The number of fused-ring (bicyclic) bond motifs is 3. The van der Waals surface area contributed by atoms with Crippen LogP contribution < -0.4 is 10.2 Å². The van der Waals surface area contributed by atoms with Gasteiger partial charge in [-0.1, -0.05) is 6.07 Å². The van der Waals surface area contributed by atoms with Crippen molar-refractivity contribution in [1.82, 2.24) is 14.4 Å². The quantitative estimate of drug-likeness (QED) is 0.287. The van der Waals surface area contributed by atoms with Gasteiger partial charge in [0.05, 0.1) is 22.8 Å². The first-order valence-electron chi connectivity index (χ1n) is 11.4. The fraction of sp³-hybridized carbons (Fsp3) is 0.375. The number of hydrogen-bond acceptors (Lipinski definition) is 6. The second kappa shape index (κ2) is 8.82. The summed E-state index contributed by atoms with van der Waals surface area (Å²) in [6, 6.07) is 3.01. The van der Waals surface area contributed by atoms with Crippen LogP contribution in [-0.2, 0) is 6.18 Å². The normalized spacial score (nSPS) is 16.9. The summed E-state index contributed by atoms with van der Waals surface area (Å²) in [7, 11) is 0. The standard InChI is InChI=1S/C24H22F5N5O2S/c1-12-7-14(13(2)30-17-11-37-10-16(17)21(35)36)19-15(8-12)20-31-18(24(27,28)29)9-34(20)22(32-19)33-5-3-23(25,26)4-6-33/h7-11,13,30H,3-6H2,1-2H3,(H,35,36). The van der Waals surface area contributed by atoms with Crippen LogP contribution >= 0.6 is 11.3 Å². The van der Waals surface area contributed by atoms with Crippen LogP contribution in [0.2, 0.25) is 0 Å². The van der Waals surface area contributed by atoms with Gasteiger partial charge >= 0.3 is 12.1 Å². The zero-order valence-electron chi connectivity index (χ0n) is 19.7. The molecule has 0 amide bonds. The molecule has 1 aliphatic heterocycles. The van der Waals surface area contributed by atoms with Gasteiger partial charge in [-0.3, -0.25) is 4.40 Å². The summed E-state index contributed by atoms with van der Waals surface area (Å²) >= 11 is 1.22. The van der Waals surface area contributed by atoms with Gasteiger partial charge in [-0.2, -0.15) is 13.2 Å². The van der Waals surface area contributed by atoms with Crippen molar-refractivity contribution in [3.63, 3.8) is 0 Å². The highest BCUT2D eigenvalue weighted by molar-refractivity contribution is 7.08. The number of carboxylic acids is 1. The number of carbonyl (C=O) groups is 1. The van der Waals surface area contributed by atoms with Gasteiger partial charge < -0.3 is 15.3 Å². The molecule has 13 heteroatoms. The first kappa shape index (κ1) is 25.2. The molecular formula is C24H22F5N5O2S. The lowest BCUT2D eigenvalue weighted by Crippen LogP contribution is -2.40. The van der Waals surface area contributed by atoms with E-state index in [4.69, 9.17) is 4.98 Å². The lowest BCUT2D eigenvalue weighted by Gasteiger charge is -2.33. The summed E-state index contributed by atoms with van der Waals surface area (Å²) in [5, 5.41) is 16.1. The topological polar surface area (TPSA) is 82.8 Å². The van der Waals surface area contributed by atoms with Crippen LogP contribution in [0.5, 0.6) is 0 Å². The summed E-state index contributed by atoms with van der Waals surface area (Å²) in [4.78, 5) is 21.7. The fourth-order valence-electron chi connectivity index (χ4n) is 4.59. The molecule has 7 nitrogen and oxygen atoms in total. The van der Waals surface area contributed by atoms with Gasteiger partial charge in [0, 0.05) is 53.8 Å². The minimum atomic E-state index is -4.71. The van der Waals surface area contributed by atoms with Gasteiger partial charge in [0.1, 0.15) is 5.65 Å². The molecule has 37 heavy (non-hydrogen) atoms. The number of thiophene rings is 1. The Bertz CT molecular complexity index is 1500. The molecule has 4 heterocycles. The van der Waals surface area contributed by atoms with Crippen molar-refractivity contribution in [2.45, 2.75) is 44.8 Å². The van der Waals surface area contributed by atoms with E-state index in [1.807, 2.05) is 6.07 Å². The van der Waals surface area contributed by atoms with Crippen molar-refractivity contribution in [3.8, 4) is 0 Å². The van der Waals surface area contributed by atoms with Crippen LogP contribution in [0.3, 0.4) is 0 Å². The number of aromatic carboxylic acids is 1. The lowest BCUT2D eigenvalue weighted by molar-refractivity contribution is -0.140. The third-order valence-corrected chi connectivity index (χ3v) is 7.20. The molecule has 1 aliphatic rings. The number of aryl methyl sites for hydroxylation is 1. The molecule has 3 aromatic heterocycles. The summed E-state index contributed by atoms with van der Waals surface area (Å²) in [6.45, 7) is 3.42. The molecule has 1 unspecified atom stereocenters. The van der Waals surface area contributed by atoms with E-state index in [-0.39, 0.29) is 30.2 Å². The van der Waals surface area contributed by atoms with Crippen LogP contribution in [0.25, 0.3) is 16.6 Å². The summed E-state index contributed by atoms with van der Waals surface area (Å²) in [6.07, 6.45) is -4.75. The Morgan fingerprint density at radius 3 is 2.54 bits per heavy atom. The van der Waals surface area contributed by atoms with E-state index < -0.39 is 42.6 Å². The minimum Gasteiger partial charge on any atom is -0.478 e. The number of benzene rings is 1. The number of carboxylic acid groups (broad SMARTS) is 1. The van der Waals surface area contributed by atoms with Gasteiger partial charge in [0.2, 0.25) is 5.95 Å². The molecule has 0 bridgehead atoms. The number of aromatic nitrogens is 3. The molecule has 5 rings (SSSR count). The first-order chi connectivity index (χ1) is 17.3. The third kappa shape index (κ3) is 4.67. The molecule has 0 aliphatic carbocycles. The number of alkyl halides is 5. The van der Waals surface area contributed by atoms with E-state index in [0.717, 1.165) is 11.8 Å². The molecule has 1 aromatic carbocycles. The fourth-order valence-corrected chi connectivity index (χ4v) is 5.35. The zero-order valence-corrected chi connectivity index (χ0v) is 20.6. The number of anilines is 2. The van der Waals surface area contributed by atoms with Crippen LogP contribution in [0.1, 0.15) is 53.0 Å². The van der Waals surface area contributed by atoms with Crippen molar-refractivity contribution in [2.75, 3.05) is 23.3 Å². The number of nitrogens with zero attached hydrogens (tertiary/aromatic N) is 4. The van der Waals surface area contributed by atoms with E-state index in [1.165, 1.54) is 21.1 Å². The van der Waals surface area contributed by atoms with Crippen molar-refractivity contribution < 1.29 is 31.9 Å². The molecule has 2 N–H and O–H groups in total. The van der Waals surface area contributed by atoms with Crippen LogP contribution in [0.15, 0.2) is 29.1 Å². The number of halogens is 5. The molecule has 0 radical (unpaired) electrons. The van der Waals surface area contributed by atoms with Crippen LogP contribution in [0, 0.1) is 6.92 Å². The van der Waals surface area contributed by atoms with Crippen molar-refractivity contribution in [2.24, 2.45) is 0 Å². The smallest absolute Gasteiger partial charge is 0.434 e. The predicted octanol–water partition coefficient (Wildman–Crippen LogP) is 6.38. The number of imidazole rings is 1. The second-order valence-electron chi connectivity index (χ2n) is 9.19.